The molecule has 93 heavy (non-hydrogen) atoms. The van der Waals surface area contributed by atoms with Gasteiger partial charge in [0.1, 0.15) is 44.2 Å². The summed E-state index contributed by atoms with van der Waals surface area (Å²) < 4.78 is 104. The Morgan fingerprint density at radius 1 is 0.387 bits per heavy atom. The van der Waals surface area contributed by atoms with Crippen molar-refractivity contribution in [1.29, 1.82) is 0 Å². The quantitative estimate of drug-likeness (QED) is 0.0358. The molecule has 3 heterocycles. The Morgan fingerprint density at radius 3 is 1.15 bits per heavy atom. The van der Waals surface area contributed by atoms with E-state index in [0.29, 0.717) is 18.6 Å². The molecule has 7 aromatic rings. The predicted molar refractivity (Wildman–Crippen MR) is 348 cm³/mol. The molecule has 16 heteroatoms. The van der Waals surface area contributed by atoms with E-state index in [1.165, 1.54) is 7.11 Å². The van der Waals surface area contributed by atoms with Gasteiger partial charge >= 0.3 is 5.97 Å². The molecule has 0 N–H and O–H groups in total. The third-order valence-electron chi connectivity index (χ3n) is 15.5. The van der Waals surface area contributed by atoms with Crippen molar-refractivity contribution >= 4 is 5.97 Å². The molecule has 0 amide bonds. The minimum Gasteiger partial charge on any atom is -0.491 e. The minimum atomic E-state index is -1.46. The van der Waals surface area contributed by atoms with Crippen LogP contribution in [0.15, 0.2) is 247 Å². The fourth-order valence-electron chi connectivity index (χ4n) is 10.6. The van der Waals surface area contributed by atoms with E-state index in [4.69, 9.17) is 71.1 Å². The van der Waals surface area contributed by atoms with E-state index in [0.717, 1.165) is 38.9 Å². The van der Waals surface area contributed by atoms with Crippen molar-refractivity contribution in [3.8, 4) is 0 Å². The first-order valence-electron chi connectivity index (χ1n) is 32.0. The zero-order valence-electron chi connectivity index (χ0n) is 53.9. The van der Waals surface area contributed by atoms with E-state index < -0.39 is 66.9 Å². The van der Waals surface area contributed by atoms with Gasteiger partial charge in [-0.05, 0) is 72.6 Å². The third-order valence-corrected chi connectivity index (χ3v) is 15.5. The average Bonchev–Trinajstić information content (AvgIpc) is 0.776. The molecule has 0 aromatic heterocycles. The first kappa shape index (κ1) is 67.8. The van der Waals surface area contributed by atoms with Crippen LogP contribution in [0, 0.1) is 5.41 Å². The zero-order chi connectivity index (χ0) is 64.6. The van der Waals surface area contributed by atoms with Crippen molar-refractivity contribution in [2.24, 2.45) is 5.41 Å². The minimum absolute atomic E-state index is 0.0259. The van der Waals surface area contributed by atoms with E-state index in [1.807, 2.05) is 226 Å². The number of carbonyl (C=O) groups is 1. The van der Waals surface area contributed by atoms with Gasteiger partial charge in [0.25, 0.3) is 6.29 Å². The van der Waals surface area contributed by atoms with Crippen LogP contribution in [-0.2, 0) is 122 Å². The second-order valence-corrected chi connectivity index (χ2v) is 23.8. The van der Waals surface area contributed by atoms with Crippen LogP contribution >= 0.6 is 0 Å². The number of carbonyl (C=O) groups excluding carboxylic acids is 1. The van der Waals surface area contributed by atoms with Crippen LogP contribution in [0.25, 0.3) is 0 Å². The second-order valence-electron chi connectivity index (χ2n) is 23.8. The van der Waals surface area contributed by atoms with Gasteiger partial charge in [-0.2, -0.15) is 0 Å². The SMILES string of the molecule is CCCOC1=C(O[C@@H]2OC(COCc3ccccc3)[C@H](OCc3ccccc3)C(OCc3ccccc3)=C2OCc2ccccc2)[C@H](OC)OC(COCc2ccccc2)[C@@H]1O[C@@H]1OC(CC)[C@H](OCc2ccccc2)C(OCc2ccccc2)=C1OC(=O)C(C)(C)C. The number of esters is 1. The van der Waals surface area contributed by atoms with E-state index in [-0.39, 0.29) is 94.9 Å². The van der Waals surface area contributed by atoms with Crippen LogP contribution in [0.4, 0.5) is 0 Å². The fourth-order valence-corrected chi connectivity index (χ4v) is 10.6. The Morgan fingerprint density at radius 2 is 0.742 bits per heavy atom. The monoisotopic (exact) mass is 1270 g/mol. The summed E-state index contributed by atoms with van der Waals surface area (Å²) in [6, 6.07) is 68.8. The van der Waals surface area contributed by atoms with Crippen molar-refractivity contribution in [2.75, 3.05) is 26.9 Å². The molecule has 7 aromatic carbocycles. The van der Waals surface area contributed by atoms with Gasteiger partial charge in [-0.25, -0.2) is 0 Å². The Hall–Kier alpha value is -8.13. The standard InChI is InChI=1S/C77H86O16/c1-7-44-82-69-66(91-75-72(93-76(78)77(3,4)5)68(86-50-59-40-26-14-27-41-59)64(61(8-2)88-75)83-47-56-34-20-11-21-35-56)63(53-81-46-55-32-18-10-19-33-55)89-73(79-6)71(69)92-74-70(87-51-60-42-28-15-29-43-60)67(85-49-58-38-24-13-25-39-58)65(84-48-57-36-22-12-23-37-57)62(90-74)52-80-45-54-30-16-9-17-31-54/h9-43,61-66,73-75H,7-8,44-53H2,1-6H3/t61?,62?,63?,64-,65-,66-,73+,74-,75-/m0/s1. The fraction of sp³-hybridized carbons (Fsp3) is 0.364. The van der Waals surface area contributed by atoms with Crippen LogP contribution in [0.5, 0.6) is 0 Å². The van der Waals surface area contributed by atoms with Crippen molar-refractivity contribution < 1.29 is 75.8 Å². The Bertz CT molecular complexity index is 3440. The summed E-state index contributed by atoms with van der Waals surface area (Å²) in [7, 11) is 1.51. The van der Waals surface area contributed by atoms with Crippen molar-refractivity contribution in [3.63, 3.8) is 0 Å². The number of benzene rings is 7. The molecule has 0 saturated heterocycles. The molecule has 0 bridgehead atoms. The van der Waals surface area contributed by atoms with Crippen LogP contribution < -0.4 is 0 Å². The van der Waals surface area contributed by atoms with Gasteiger partial charge in [-0.3, -0.25) is 4.79 Å². The van der Waals surface area contributed by atoms with Crippen LogP contribution in [0.2, 0.25) is 0 Å². The number of methoxy groups -OCH3 is 1. The van der Waals surface area contributed by atoms with Gasteiger partial charge in [0.15, 0.2) is 29.1 Å². The Kier molecular flexibility index (Phi) is 25.3. The van der Waals surface area contributed by atoms with E-state index in [1.54, 1.807) is 20.8 Å². The summed E-state index contributed by atoms with van der Waals surface area (Å²) in [5, 5.41) is 0. The van der Waals surface area contributed by atoms with Gasteiger partial charge in [0, 0.05) is 7.11 Å². The van der Waals surface area contributed by atoms with Gasteiger partial charge in [0.2, 0.25) is 24.1 Å². The molecule has 0 spiro atoms. The Labute approximate surface area is 546 Å². The van der Waals surface area contributed by atoms with E-state index >= 15 is 0 Å². The lowest BCUT2D eigenvalue weighted by Crippen LogP contribution is -2.52. The topological polar surface area (TPSA) is 156 Å². The smallest absolute Gasteiger partial charge is 0.316 e. The number of rotatable bonds is 33. The Balaban J connectivity index is 1.12. The number of hydrogen-bond acceptors (Lipinski definition) is 16. The highest BCUT2D eigenvalue weighted by Crippen LogP contribution is 2.42. The third kappa shape index (κ3) is 19.3. The molecular formula is C77H86O16. The largest absolute Gasteiger partial charge is 0.491 e. The van der Waals surface area contributed by atoms with Gasteiger partial charge in [0.05, 0.1) is 57.8 Å². The van der Waals surface area contributed by atoms with Crippen LogP contribution in [-0.4, -0.2) is 88.4 Å². The molecule has 3 unspecified atom stereocenters. The lowest BCUT2D eigenvalue weighted by molar-refractivity contribution is -0.283. The van der Waals surface area contributed by atoms with Crippen molar-refractivity contribution in [1.82, 2.24) is 0 Å². The first-order valence-corrected chi connectivity index (χ1v) is 32.0. The molecule has 0 radical (unpaired) electrons. The lowest BCUT2D eigenvalue weighted by atomic mass is 9.97. The van der Waals surface area contributed by atoms with Gasteiger partial charge in [-0.15, -0.1) is 0 Å². The van der Waals surface area contributed by atoms with Crippen molar-refractivity contribution in [3.05, 3.63) is 286 Å². The molecule has 10 rings (SSSR count). The maximum absolute atomic E-state index is 14.5. The highest BCUT2D eigenvalue weighted by Gasteiger charge is 2.51. The molecule has 9 atom stereocenters. The average molecular weight is 1270 g/mol. The van der Waals surface area contributed by atoms with E-state index in [2.05, 4.69) is 0 Å². The van der Waals surface area contributed by atoms with Crippen LogP contribution in [0.3, 0.4) is 0 Å². The highest BCUT2D eigenvalue weighted by molar-refractivity contribution is 5.76. The summed E-state index contributed by atoms with van der Waals surface area (Å²) in [6.45, 7) is 10.6. The number of ether oxygens (including phenoxy) is 15. The molecule has 0 aliphatic carbocycles. The van der Waals surface area contributed by atoms with Gasteiger partial charge < -0.3 is 71.1 Å². The molecule has 3 aliphatic rings. The molecular weight excluding hydrogens is 1180 g/mol. The van der Waals surface area contributed by atoms with E-state index in [9.17, 15) is 4.79 Å². The maximum Gasteiger partial charge on any atom is 0.316 e. The lowest BCUT2D eigenvalue weighted by Gasteiger charge is -2.43. The molecule has 0 saturated carbocycles. The molecule has 16 nitrogen and oxygen atoms in total. The highest BCUT2D eigenvalue weighted by atomic mass is 16.8. The second kappa shape index (κ2) is 34.7. The summed E-state index contributed by atoms with van der Waals surface area (Å²) in [5.74, 6) is 0.314. The summed E-state index contributed by atoms with van der Waals surface area (Å²) >= 11 is 0. The van der Waals surface area contributed by atoms with Crippen LogP contribution in [0.1, 0.15) is 86.4 Å². The summed E-state index contributed by atoms with van der Waals surface area (Å²) in [5.41, 5.74) is 5.37. The summed E-state index contributed by atoms with van der Waals surface area (Å²) in [6.07, 6.45) is -8.78. The molecule has 3 aliphatic heterocycles. The van der Waals surface area contributed by atoms with Crippen molar-refractivity contribution in [2.45, 2.75) is 149 Å². The predicted octanol–water partition coefficient (Wildman–Crippen LogP) is 14.5. The zero-order valence-corrected chi connectivity index (χ0v) is 53.9. The number of hydrogen-bond donors (Lipinski definition) is 0. The molecule has 490 valence electrons. The first-order chi connectivity index (χ1) is 45.5. The normalized spacial score (nSPS) is 21.7. The summed E-state index contributed by atoms with van der Waals surface area (Å²) in [4.78, 5) is 14.5. The molecule has 0 fully saturated rings. The maximum atomic E-state index is 14.5. The van der Waals surface area contributed by atoms with Gasteiger partial charge in [-0.1, -0.05) is 226 Å².